The second-order valence-electron chi connectivity index (χ2n) is 5.06. The van der Waals surface area contributed by atoms with Gasteiger partial charge in [-0.2, -0.15) is 0 Å². The van der Waals surface area contributed by atoms with Crippen molar-refractivity contribution in [1.29, 1.82) is 0 Å². The summed E-state index contributed by atoms with van der Waals surface area (Å²) >= 11 is 0. The minimum Gasteiger partial charge on any atom is -0.481 e. The van der Waals surface area contributed by atoms with E-state index in [1.807, 2.05) is 31.2 Å². The molecule has 0 saturated carbocycles. The smallest absolute Gasteiger partial charge is 0.321 e. The molecule has 1 aromatic carbocycles. The molecule has 1 fully saturated rings. The number of aryl methyl sites for hydroxylation is 1. The Morgan fingerprint density at radius 3 is 2.85 bits per heavy atom. The van der Waals surface area contributed by atoms with Crippen molar-refractivity contribution in [3.8, 4) is 0 Å². The lowest BCUT2D eigenvalue weighted by Gasteiger charge is -2.31. The lowest BCUT2D eigenvalue weighted by Crippen LogP contribution is -2.44. The number of carbonyl (C=O) groups excluding carboxylic acids is 1. The molecule has 1 saturated heterocycles. The molecule has 5 heteroatoms. The van der Waals surface area contributed by atoms with Gasteiger partial charge >= 0.3 is 12.0 Å². The van der Waals surface area contributed by atoms with E-state index in [1.54, 1.807) is 4.90 Å². The molecule has 0 unspecified atom stereocenters. The molecule has 1 aliphatic heterocycles. The number of aliphatic carboxylic acids is 1. The summed E-state index contributed by atoms with van der Waals surface area (Å²) in [5.74, 6) is -1.27. The molecular formula is C15H20N2O3. The first kappa shape index (κ1) is 14.4. The van der Waals surface area contributed by atoms with Crippen molar-refractivity contribution in [2.75, 3.05) is 18.4 Å². The van der Waals surface area contributed by atoms with Crippen LogP contribution >= 0.6 is 0 Å². The third-order valence-electron chi connectivity index (χ3n) is 3.70. The maximum absolute atomic E-state index is 12.2. The highest BCUT2D eigenvalue weighted by Crippen LogP contribution is 2.20. The Hall–Kier alpha value is -2.04. The Balaban J connectivity index is 2.02. The van der Waals surface area contributed by atoms with Crippen LogP contribution in [0, 0.1) is 5.92 Å². The number of carboxylic acid groups (broad SMARTS) is 1. The number of urea groups is 1. The van der Waals surface area contributed by atoms with E-state index in [0.29, 0.717) is 13.0 Å². The summed E-state index contributed by atoms with van der Waals surface area (Å²) < 4.78 is 0. The maximum Gasteiger partial charge on any atom is 0.321 e. The number of nitrogens with one attached hydrogen (secondary N) is 1. The van der Waals surface area contributed by atoms with Crippen molar-refractivity contribution >= 4 is 17.7 Å². The van der Waals surface area contributed by atoms with E-state index in [0.717, 1.165) is 24.1 Å². The standard InChI is InChI=1S/C15H20N2O3/c1-2-11-6-3-4-8-13(11)16-15(20)17-9-5-7-12(10-17)14(18)19/h3-4,6,8,12H,2,5,7,9-10H2,1H3,(H,16,20)(H,18,19)/t12-/m1/s1. The molecule has 1 aromatic rings. The predicted molar refractivity (Wildman–Crippen MR) is 76.8 cm³/mol. The van der Waals surface area contributed by atoms with Gasteiger partial charge in [-0.1, -0.05) is 25.1 Å². The number of carbonyl (C=O) groups is 2. The number of likely N-dealkylation sites (tertiary alicyclic amines) is 1. The largest absolute Gasteiger partial charge is 0.481 e. The zero-order valence-electron chi connectivity index (χ0n) is 11.6. The first-order valence-electron chi connectivity index (χ1n) is 6.98. The molecule has 2 N–H and O–H groups in total. The molecule has 0 spiro atoms. The Bertz CT molecular complexity index is 502. The Labute approximate surface area is 118 Å². The molecule has 2 rings (SSSR count). The summed E-state index contributed by atoms with van der Waals surface area (Å²) in [7, 11) is 0. The SMILES string of the molecule is CCc1ccccc1NC(=O)N1CCC[C@@H](C(=O)O)C1. The summed E-state index contributed by atoms with van der Waals surface area (Å²) in [4.78, 5) is 24.8. The summed E-state index contributed by atoms with van der Waals surface area (Å²) in [6.45, 7) is 2.94. The van der Waals surface area contributed by atoms with Gasteiger partial charge in [-0.15, -0.1) is 0 Å². The molecule has 1 atom stereocenters. The van der Waals surface area contributed by atoms with E-state index >= 15 is 0 Å². The molecule has 1 heterocycles. The number of nitrogens with zero attached hydrogens (tertiary/aromatic N) is 1. The molecule has 20 heavy (non-hydrogen) atoms. The lowest BCUT2D eigenvalue weighted by atomic mass is 9.99. The van der Waals surface area contributed by atoms with E-state index in [9.17, 15) is 9.59 Å². The Morgan fingerprint density at radius 1 is 1.40 bits per heavy atom. The number of para-hydroxylation sites is 1. The van der Waals surface area contributed by atoms with E-state index in [1.165, 1.54) is 0 Å². The third-order valence-corrected chi connectivity index (χ3v) is 3.70. The van der Waals surface area contributed by atoms with E-state index < -0.39 is 11.9 Å². The third kappa shape index (κ3) is 3.29. The number of piperidine rings is 1. The van der Waals surface area contributed by atoms with Crippen LogP contribution in [0.2, 0.25) is 0 Å². The fourth-order valence-corrected chi connectivity index (χ4v) is 2.51. The van der Waals surface area contributed by atoms with Crippen LogP contribution < -0.4 is 5.32 Å². The Kier molecular flexibility index (Phi) is 4.61. The molecule has 0 aliphatic carbocycles. The van der Waals surface area contributed by atoms with E-state index in [-0.39, 0.29) is 12.6 Å². The molecule has 0 bridgehead atoms. The van der Waals surface area contributed by atoms with Crippen molar-refractivity contribution in [3.63, 3.8) is 0 Å². The number of carboxylic acids is 1. The van der Waals surface area contributed by atoms with Gasteiger partial charge in [0.15, 0.2) is 0 Å². The maximum atomic E-state index is 12.2. The second kappa shape index (κ2) is 6.41. The minimum absolute atomic E-state index is 0.211. The highest BCUT2D eigenvalue weighted by Gasteiger charge is 2.28. The van der Waals surface area contributed by atoms with E-state index in [4.69, 9.17) is 5.11 Å². The number of hydrogen-bond donors (Lipinski definition) is 2. The predicted octanol–water partition coefficient (Wildman–Crippen LogP) is 2.58. The number of anilines is 1. The quantitative estimate of drug-likeness (QED) is 0.891. The van der Waals surface area contributed by atoms with Crippen LogP contribution in [0.5, 0.6) is 0 Å². The normalized spacial score (nSPS) is 18.6. The van der Waals surface area contributed by atoms with Crippen LogP contribution in [-0.2, 0) is 11.2 Å². The van der Waals surface area contributed by atoms with Gasteiger partial charge in [0.1, 0.15) is 0 Å². The van der Waals surface area contributed by atoms with Crippen LogP contribution in [0.4, 0.5) is 10.5 Å². The van der Waals surface area contributed by atoms with Crippen molar-refractivity contribution in [3.05, 3.63) is 29.8 Å². The van der Waals surface area contributed by atoms with Crippen LogP contribution in [-0.4, -0.2) is 35.1 Å². The van der Waals surface area contributed by atoms with Gasteiger partial charge in [0, 0.05) is 18.8 Å². The fraction of sp³-hybridized carbons (Fsp3) is 0.467. The Morgan fingerprint density at radius 2 is 2.15 bits per heavy atom. The minimum atomic E-state index is -0.823. The van der Waals surface area contributed by atoms with Gasteiger partial charge in [-0.25, -0.2) is 4.79 Å². The first-order chi connectivity index (χ1) is 9.61. The average Bonchev–Trinajstić information content (AvgIpc) is 2.48. The van der Waals surface area contributed by atoms with Crippen LogP contribution in [0.1, 0.15) is 25.3 Å². The molecular weight excluding hydrogens is 256 g/mol. The highest BCUT2D eigenvalue weighted by molar-refractivity contribution is 5.90. The lowest BCUT2D eigenvalue weighted by molar-refractivity contribution is -0.143. The van der Waals surface area contributed by atoms with Gasteiger partial charge in [0.25, 0.3) is 0 Å². The number of amides is 2. The van der Waals surface area contributed by atoms with E-state index in [2.05, 4.69) is 5.32 Å². The van der Waals surface area contributed by atoms with Crippen LogP contribution in [0.25, 0.3) is 0 Å². The van der Waals surface area contributed by atoms with Crippen LogP contribution in [0.3, 0.4) is 0 Å². The van der Waals surface area contributed by atoms with Crippen molar-refractivity contribution in [1.82, 2.24) is 4.90 Å². The fourth-order valence-electron chi connectivity index (χ4n) is 2.51. The second-order valence-corrected chi connectivity index (χ2v) is 5.06. The zero-order valence-corrected chi connectivity index (χ0v) is 11.6. The monoisotopic (exact) mass is 276 g/mol. The van der Waals surface area contributed by atoms with Gasteiger partial charge in [0.2, 0.25) is 0 Å². The molecule has 0 aromatic heterocycles. The molecule has 108 valence electrons. The average molecular weight is 276 g/mol. The van der Waals surface area contributed by atoms with Crippen LogP contribution in [0.15, 0.2) is 24.3 Å². The summed E-state index contributed by atoms with van der Waals surface area (Å²) in [6, 6.07) is 7.46. The number of rotatable bonds is 3. The highest BCUT2D eigenvalue weighted by atomic mass is 16.4. The summed E-state index contributed by atoms with van der Waals surface area (Å²) in [5.41, 5.74) is 1.88. The molecule has 2 amide bonds. The summed E-state index contributed by atoms with van der Waals surface area (Å²) in [6.07, 6.45) is 2.22. The zero-order chi connectivity index (χ0) is 14.5. The number of hydrogen-bond acceptors (Lipinski definition) is 2. The van der Waals surface area contributed by atoms with Gasteiger partial charge in [-0.3, -0.25) is 4.79 Å². The molecule has 0 radical (unpaired) electrons. The molecule has 1 aliphatic rings. The van der Waals surface area contributed by atoms with Crippen molar-refractivity contribution < 1.29 is 14.7 Å². The van der Waals surface area contributed by atoms with Gasteiger partial charge in [-0.05, 0) is 30.9 Å². The van der Waals surface area contributed by atoms with Crippen molar-refractivity contribution in [2.45, 2.75) is 26.2 Å². The van der Waals surface area contributed by atoms with Crippen molar-refractivity contribution in [2.24, 2.45) is 5.92 Å². The number of benzene rings is 1. The van der Waals surface area contributed by atoms with Gasteiger partial charge in [0.05, 0.1) is 5.92 Å². The first-order valence-corrected chi connectivity index (χ1v) is 6.98. The topological polar surface area (TPSA) is 69.6 Å². The van der Waals surface area contributed by atoms with Gasteiger partial charge < -0.3 is 15.3 Å². The molecule has 5 nitrogen and oxygen atoms in total. The summed E-state index contributed by atoms with van der Waals surface area (Å²) in [5, 5.41) is 11.9.